The summed E-state index contributed by atoms with van der Waals surface area (Å²) in [6.45, 7) is 20.8. The highest BCUT2D eigenvalue weighted by atomic mass is 32.1. The van der Waals surface area contributed by atoms with Gasteiger partial charge in [-0.3, -0.25) is 4.67 Å². The molecule has 1 aliphatic heterocycles. The van der Waals surface area contributed by atoms with Crippen LogP contribution in [0.5, 0.6) is 0 Å². The van der Waals surface area contributed by atoms with Gasteiger partial charge in [0.15, 0.2) is 0 Å². The maximum Gasteiger partial charge on any atom is 0.203 e. The van der Waals surface area contributed by atoms with E-state index >= 15 is 0 Å². The van der Waals surface area contributed by atoms with E-state index in [1.54, 1.807) is 10.4 Å². The predicted octanol–water partition coefficient (Wildman–Crippen LogP) is 8.49. The van der Waals surface area contributed by atoms with Crippen molar-refractivity contribution in [2.75, 3.05) is 4.67 Å². The number of hydrogen-bond acceptors (Lipinski definition) is 2. The zero-order chi connectivity index (χ0) is 24.6. The van der Waals surface area contributed by atoms with E-state index < -0.39 is 0 Å². The second-order valence-corrected chi connectivity index (χ2v) is 13.1. The second kappa shape index (κ2) is 10.5. The van der Waals surface area contributed by atoms with Gasteiger partial charge in [0.05, 0.1) is 12.2 Å². The lowest BCUT2D eigenvalue weighted by atomic mass is 9.92. The van der Waals surface area contributed by atoms with Crippen LogP contribution >= 0.6 is 20.2 Å². The smallest absolute Gasteiger partial charge is 0.203 e. The summed E-state index contributed by atoms with van der Waals surface area (Å²) >= 11 is 1.86. The molecule has 0 amide bonds. The minimum absolute atomic E-state index is 0.501. The van der Waals surface area contributed by atoms with Crippen molar-refractivity contribution in [2.45, 2.75) is 92.2 Å². The molecule has 0 radical (unpaired) electrons. The molecule has 4 heteroatoms. The molecule has 0 bridgehead atoms. The molecule has 0 aliphatic carbocycles. The summed E-state index contributed by atoms with van der Waals surface area (Å²) in [4.78, 5) is 0. The summed E-state index contributed by atoms with van der Waals surface area (Å²) in [7, 11) is 0.656. The monoisotopic (exact) mass is 493 g/mol. The van der Waals surface area contributed by atoms with E-state index in [0.717, 1.165) is 13.1 Å². The molecule has 2 atom stereocenters. The van der Waals surface area contributed by atoms with Crippen molar-refractivity contribution in [3.63, 3.8) is 0 Å². The Morgan fingerprint density at radius 1 is 0.706 bits per heavy atom. The van der Waals surface area contributed by atoms with E-state index in [1.807, 2.05) is 11.3 Å². The van der Waals surface area contributed by atoms with Gasteiger partial charge in [0, 0.05) is 16.7 Å². The lowest BCUT2D eigenvalue weighted by Crippen LogP contribution is -2.98. The van der Waals surface area contributed by atoms with Gasteiger partial charge in [-0.25, -0.2) is 0 Å². The lowest BCUT2D eigenvalue weighted by Gasteiger charge is -2.32. The van der Waals surface area contributed by atoms with Crippen LogP contribution in [0.4, 0.5) is 11.4 Å². The summed E-state index contributed by atoms with van der Waals surface area (Å²) in [6, 6.07) is 14.0. The van der Waals surface area contributed by atoms with E-state index in [4.69, 9.17) is 0 Å². The number of nitrogens with zero attached hydrogens (tertiary/aromatic N) is 1. The van der Waals surface area contributed by atoms with Gasteiger partial charge in [0.2, 0.25) is 8.88 Å². The molecular weight excluding hydrogens is 451 g/mol. The standard InChI is InChI=1S/C30H41N2PS/c1-19(2)25-11-9-12-26(20(3)4)29(25)31-15-23-17-34-18-24(23)16-32(33-31)30-27(21(5)6)13-10-14-28(30)22(7)8/h9-14,17-22,33H,15-16H2,1-8H3/p+1. The number of rotatable bonds is 6. The number of benzene rings is 2. The van der Waals surface area contributed by atoms with E-state index in [9.17, 15) is 0 Å². The number of para-hydroxylation sites is 2. The van der Waals surface area contributed by atoms with Crippen LogP contribution < -0.4 is 9.34 Å². The second-order valence-electron chi connectivity index (χ2n) is 11.0. The molecule has 2 unspecified atom stereocenters. The molecule has 0 fully saturated rings. The highest BCUT2D eigenvalue weighted by Crippen LogP contribution is 2.42. The molecule has 0 saturated carbocycles. The number of anilines is 1. The van der Waals surface area contributed by atoms with Crippen LogP contribution in [0, 0.1) is 0 Å². The Bertz CT molecular complexity index is 990. The fraction of sp³-hybridized carbons (Fsp3) is 0.467. The Morgan fingerprint density at radius 2 is 1.18 bits per heavy atom. The first-order chi connectivity index (χ1) is 16.2. The van der Waals surface area contributed by atoms with Gasteiger partial charge in [0.25, 0.3) is 0 Å². The third-order valence-corrected chi connectivity index (χ3v) is 9.28. The van der Waals surface area contributed by atoms with E-state index in [2.05, 4.69) is 107 Å². The van der Waals surface area contributed by atoms with Gasteiger partial charge in [-0.15, -0.1) is 0 Å². The summed E-state index contributed by atoms with van der Waals surface area (Å²) in [5.41, 5.74) is 12.0. The zero-order valence-electron chi connectivity index (χ0n) is 22.2. The summed E-state index contributed by atoms with van der Waals surface area (Å²) in [6.07, 6.45) is 0. The number of thiophene rings is 1. The quantitative estimate of drug-likeness (QED) is 0.338. The molecule has 1 aromatic heterocycles. The van der Waals surface area contributed by atoms with Gasteiger partial charge in [-0.2, -0.15) is 11.3 Å². The van der Waals surface area contributed by atoms with Crippen molar-refractivity contribution in [1.82, 2.24) is 0 Å². The Morgan fingerprint density at radius 3 is 1.68 bits per heavy atom. The summed E-state index contributed by atoms with van der Waals surface area (Å²) < 4.78 is 4.35. The molecular formula is C30H42N2PS+. The molecule has 1 N–H and O–H groups in total. The number of fused-ring (bicyclic) bond motifs is 1. The third-order valence-electron chi connectivity index (χ3n) is 7.09. The molecule has 182 valence electrons. The van der Waals surface area contributed by atoms with Crippen molar-refractivity contribution >= 4 is 31.6 Å². The van der Waals surface area contributed by atoms with Crippen LogP contribution in [-0.2, 0) is 13.1 Å². The number of nitrogens with one attached hydrogen (secondary N) is 1. The molecule has 0 spiro atoms. The largest absolute Gasteiger partial charge is 0.301 e. The molecule has 4 rings (SSSR count). The van der Waals surface area contributed by atoms with Crippen molar-refractivity contribution in [3.05, 3.63) is 80.5 Å². The minimum Gasteiger partial charge on any atom is -0.301 e. The van der Waals surface area contributed by atoms with Gasteiger partial charge >= 0.3 is 0 Å². The number of hydrogen-bond donors (Lipinski definition) is 1. The van der Waals surface area contributed by atoms with E-state index in [0.29, 0.717) is 32.6 Å². The van der Waals surface area contributed by atoms with Crippen LogP contribution in [0.1, 0.15) is 112 Å². The van der Waals surface area contributed by atoms with Crippen LogP contribution in [0.2, 0.25) is 0 Å². The molecule has 2 heterocycles. The first kappa shape index (κ1) is 25.4. The fourth-order valence-corrected chi connectivity index (χ4v) is 7.72. The average molecular weight is 494 g/mol. The normalized spacial score (nSPS) is 17.3. The maximum absolute atomic E-state index is 2.74. The Labute approximate surface area is 213 Å². The van der Waals surface area contributed by atoms with Crippen molar-refractivity contribution in [1.29, 1.82) is 0 Å². The summed E-state index contributed by atoms with van der Waals surface area (Å²) in [5, 5.41) is 4.79. The highest BCUT2D eigenvalue weighted by Gasteiger charge is 2.33. The third kappa shape index (κ3) is 4.99. The Hall–Kier alpha value is -1.67. The Kier molecular flexibility index (Phi) is 7.87. The Balaban J connectivity index is 1.92. The molecule has 0 saturated heterocycles. The number of quaternary nitrogens is 1. The molecule has 2 aromatic carbocycles. The predicted molar refractivity (Wildman–Crippen MR) is 152 cm³/mol. The zero-order valence-corrected chi connectivity index (χ0v) is 24.0. The first-order valence-corrected chi connectivity index (χ1v) is 14.8. The fourth-order valence-electron chi connectivity index (χ4n) is 5.25. The van der Waals surface area contributed by atoms with E-state index in [-0.39, 0.29) is 0 Å². The van der Waals surface area contributed by atoms with Gasteiger partial charge < -0.3 is 4.67 Å². The van der Waals surface area contributed by atoms with Crippen molar-refractivity contribution < 1.29 is 4.67 Å². The maximum atomic E-state index is 2.74. The lowest BCUT2D eigenvalue weighted by molar-refractivity contribution is -0.704. The minimum atomic E-state index is 0.501. The molecule has 34 heavy (non-hydrogen) atoms. The van der Waals surface area contributed by atoms with Crippen molar-refractivity contribution in [2.24, 2.45) is 0 Å². The van der Waals surface area contributed by atoms with Gasteiger partial charge in [-0.05, 0) is 51.1 Å². The highest BCUT2D eigenvalue weighted by molar-refractivity contribution is 7.32. The van der Waals surface area contributed by atoms with Crippen molar-refractivity contribution in [3.8, 4) is 0 Å². The SMILES string of the molecule is CC(C)c1cccc(C(C)C)c1N1Cc2cscc2C[NH+](c2c(C(C)C)cccc2C(C)C)P1. The molecule has 3 aromatic rings. The molecule has 1 aliphatic rings. The van der Waals surface area contributed by atoms with Crippen LogP contribution in [0.3, 0.4) is 0 Å². The topological polar surface area (TPSA) is 7.68 Å². The van der Waals surface area contributed by atoms with Crippen LogP contribution in [0.25, 0.3) is 0 Å². The first-order valence-electron chi connectivity index (χ1n) is 12.9. The van der Waals surface area contributed by atoms with Crippen LogP contribution in [-0.4, -0.2) is 0 Å². The molecule has 2 nitrogen and oxygen atoms in total. The average Bonchev–Trinajstić information content (AvgIpc) is 3.15. The van der Waals surface area contributed by atoms with Crippen LogP contribution in [0.15, 0.2) is 47.2 Å². The van der Waals surface area contributed by atoms with Gasteiger partial charge in [0.1, 0.15) is 12.2 Å². The van der Waals surface area contributed by atoms with E-state index in [1.165, 1.54) is 39.1 Å². The summed E-state index contributed by atoms with van der Waals surface area (Å²) in [5.74, 6) is 2.03. The van der Waals surface area contributed by atoms with Gasteiger partial charge in [-0.1, -0.05) is 91.8 Å².